The predicted octanol–water partition coefficient (Wildman–Crippen LogP) is 5.47. The van der Waals surface area contributed by atoms with Crippen molar-refractivity contribution < 1.29 is 0 Å². The number of aromatic nitrogens is 1. The first kappa shape index (κ1) is 20.7. The number of hydrazone groups is 1. The van der Waals surface area contributed by atoms with Gasteiger partial charge in [-0.2, -0.15) is 5.10 Å². The molecule has 0 spiro atoms. The minimum Gasteiger partial charge on any atom is -0.369 e. The summed E-state index contributed by atoms with van der Waals surface area (Å²) in [5.41, 5.74) is 9.88. The van der Waals surface area contributed by atoms with Gasteiger partial charge in [-0.1, -0.05) is 18.2 Å². The van der Waals surface area contributed by atoms with Gasteiger partial charge in [0.2, 0.25) is 0 Å². The highest BCUT2D eigenvalue weighted by Gasteiger charge is 2.13. The molecule has 6 heteroatoms. The summed E-state index contributed by atoms with van der Waals surface area (Å²) in [6.45, 7) is 6.51. The number of hydrogen-bond acceptors (Lipinski definition) is 6. The molecule has 0 amide bonds. The molecule has 162 valence electrons. The van der Waals surface area contributed by atoms with E-state index in [0.717, 1.165) is 53.5 Å². The third kappa shape index (κ3) is 4.66. The normalized spacial score (nSPS) is 15.0. The van der Waals surface area contributed by atoms with Crippen molar-refractivity contribution in [3.05, 3.63) is 77.9 Å². The average molecular weight is 442 g/mol. The third-order valence-corrected chi connectivity index (χ3v) is 6.91. The van der Waals surface area contributed by atoms with Crippen molar-refractivity contribution in [3.8, 4) is 10.6 Å². The van der Waals surface area contributed by atoms with Crippen LogP contribution in [-0.2, 0) is 0 Å². The Morgan fingerprint density at radius 1 is 0.938 bits per heavy atom. The Kier molecular flexibility index (Phi) is 5.88. The van der Waals surface area contributed by atoms with Crippen molar-refractivity contribution in [1.82, 2.24) is 9.88 Å². The predicted molar refractivity (Wildman–Crippen MR) is 137 cm³/mol. The Morgan fingerprint density at radius 2 is 1.69 bits per heavy atom. The number of rotatable bonds is 5. The molecule has 0 aliphatic carbocycles. The van der Waals surface area contributed by atoms with Crippen molar-refractivity contribution in [3.63, 3.8) is 0 Å². The molecule has 3 aromatic carbocycles. The van der Waals surface area contributed by atoms with Gasteiger partial charge in [0.25, 0.3) is 0 Å². The first-order chi connectivity index (χ1) is 15.6. The fraction of sp³-hybridized carbons (Fsp3) is 0.231. The van der Waals surface area contributed by atoms with Crippen molar-refractivity contribution in [1.29, 1.82) is 0 Å². The summed E-state index contributed by atoms with van der Waals surface area (Å²) in [5, 5.41) is 5.45. The molecule has 0 bridgehead atoms. The molecule has 32 heavy (non-hydrogen) atoms. The zero-order valence-corrected chi connectivity index (χ0v) is 19.3. The topological polar surface area (TPSA) is 43.8 Å². The van der Waals surface area contributed by atoms with Gasteiger partial charge in [0.1, 0.15) is 5.01 Å². The van der Waals surface area contributed by atoms with Gasteiger partial charge in [-0.15, -0.1) is 11.3 Å². The van der Waals surface area contributed by atoms with Crippen molar-refractivity contribution in [2.75, 3.05) is 43.6 Å². The highest BCUT2D eigenvalue weighted by Crippen LogP contribution is 2.31. The average Bonchev–Trinajstić information content (AvgIpc) is 3.24. The number of benzene rings is 3. The molecule has 1 aliphatic rings. The van der Waals surface area contributed by atoms with E-state index in [1.165, 1.54) is 16.0 Å². The van der Waals surface area contributed by atoms with Crippen LogP contribution in [0.1, 0.15) is 11.1 Å². The number of aryl methyl sites for hydroxylation is 1. The lowest BCUT2D eigenvalue weighted by Crippen LogP contribution is -2.44. The van der Waals surface area contributed by atoms with E-state index in [9.17, 15) is 0 Å². The lowest BCUT2D eigenvalue weighted by Gasteiger charge is -2.34. The standard InChI is InChI=1S/C26H27N5S/c1-19-3-12-24-25(17-19)32-26(28-24)21-6-8-22(9-7-21)29-27-18-20-4-10-23(11-5-20)31-15-13-30(2)14-16-31/h3-12,17-18,29H,13-16H2,1-2H3. The summed E-state index contributed by atoms with van der Waals surface area (Å²) in [6.07, 6.45) is 1.86. The van der Waals surface area contributed by atoms with E-state index < -0.39 is 0 Å². The molecule has 1 aromatic heterocycles. The van der Waals surface area contributed by atoms with Crippen LogP contribution in [0.15, 0.2) is 71.8 Å². The van der Waals surface area contributed by atoms with Gasteiger partial charge in [-0.25, -0.2) is 4.98 Å². The van der Waals surface area contributed by atoms with E-state index in [2.05, 4.69) is 88.9 Å². The minimum absolute atomic E-state index is 0.955. The maximum atomic E-state index is 4.76. The zero-order valence-electron chi connectivity index (χ0n) is 18.5. The first-order valence-electron chi connectivity index (χ1n) is 10.9. The second kappa shape index (κ2) is 9.10. The van der Waals surface area contributed by atoms with Gasteiger partial charge in [0.05, 0.1) is 22.1 Å². The number of nitrogens with zero attached hydrogens (tertiary/aromatic N) is 4. The summed E-state index contributed by atoms with van der Waals surface area (Å²) in [6, 6.07) is 23.3. The Balaban J connectivity index is 1.20. The van der Waals surface area contributed by atoms with Crippen LogP contribution in [0.3, 0.4) is 0 Å². The number of fused-ring (bicyclic) bond motifs is 1. The lowest BCUT2D eigenvalue weighted by molar-refractivity contribution is 0.313. The van der Waals surface area contributed by atoms with Gasteiger partial charge < -0.3 is 9.80 Å². The van der Waals surface area contributed by atoms with Crippen LogP contribution >= 0.6 is 11.3 Å². The Hall–Kier alpha value is -3.22. The Morgan fingerprint density at radius 3 is 2.44 bits per heavy atom. The largest absolute Gasteiger partial charge is 0.369 e. The van der Waals surface area contributed by atoms with Gasteiger partial charge in [-0.3, -0.25) is 5.43 Å². The quantitative estimate of drug-likeness (QED) is 0.329. The highest BCUT2D eigenvalue weighted by molar-refractivity contribution is 7.21. The van der Waals surface area contributed by atoms with Gasteiger partial charge in [0, 0.05) is 37.4 Å². The van der Waals surface area contributed by atoms with Crippen LogP contribution in [0.5, 0.6) is 0 Å². The third-order valence-electron chi connectivity index (χ3n) is 5.84. The van der Waals surface area contributed by atoms with Crippen LogP contribution in [0.25, 0.3) is 20.8 Å². The van der Waals surface area contributed by atoms with Gasteiger partial charge in [-0.05, 0) is 73.6 Å². The van der Waals surface area contributed by atoms with Crippen molar-refractivity contribution in [2.45, 2.75) is 6.92 Å². The summed E-state index contributed by atoms with van der Waals surface area (Å²) >= 11 is 1.73. The van der Waals surface area contributed by atoms with Crippen LogP contribution in [0.4, 0.5) is 11.4 Å². The Labute approximate surface area is 193 Å². The van der Waals surface area contributed by atoms with E-state index in [0.29, 0.717) is 0 Å². The van der Waals surface area contributed by atoms with E-state index in [-0.39, 0.29) is 0 Å². The molecule has 4 aromatic rings. The molecule has 2 heterocycles. The smallest absolute Gasteiger partial charge is 0.124 e. The second-order valence-electron chi connectivity index (χ2n) is 8.32. The molecular formula is C26H27N5S. The molecule has 0 radical (unpaired) electrons. The molecule has 1 saturated heterocycles. The summed E-state index contributed by atoms with van der Waals surface area (Å²) in [4.78, 5) is 9.57. The number of hydrogen-bond donors (Lipinski definition) is 1. The fourth-order valence-corrected chi connectivity index (χ4v) is 4.93. The molecule has 1 N–H and O–H groups in total. The van der Waals surface area contributed by atoms with Crippen LogP contribution in [0, 0.1) is 6.92 Å². The number of thiazole rings is 1. The van der Waals surface area contributed by atoms with Crippen LogP contribution in [0.2, 0.25) is 0 Å². The van der Waals surface area contributed by atoms with Crippen LogP contribution in [-0.4, -0.2) is 49.3 Å². The molecule has 5 nitrogen and oxygen atoms in total. The first-order valence-corrected chi connectivity index (χ1v) is 11.8. The number of piperazine rings is 1. The molecule has 0 saturated carbocycles. The molecule has 1 fully saturated rings. The molecule has 0 atom stereocenters. The minimum atomic E-state index is 0.955. The van der Waals surface area contributed by atoms with Gasteiger partial charge >= 0.3 is 0 Å². The summed E-state index contributed by atoms with van der Waals surface area (Å²) < 4.78 is 1.23. The Bertz CT molecular complexity index is 1220. The zero-order chi connectivity index (χ0) is 21.9. The number of nitrogens with one attached hydrogen (secondary N) is 1. The molecule has 5 rings (SSSR count). The van der Waals surface area contributed by atoms with E-state index in [1.54, 1.807) is 11.3 Å². The molecule has 1 aliphatic heterocycles. The fourth-order valence-electron chi connectivity index (χ4n) is 3.86. The second-order valence-corrected chi connectivity index (χ2v) is 9.35. The SMILES string of the molecule is Cc1ccc2nc(-c3ccc(NN=Cc4ccc(N5CCN(C)CC5)cc4)cc3)sc2c1. The highest BCUT2D eigenvalue weighted by atomic mass is 32.1. The summed E-state index contributed by atoms with van der Waals surface area (Å²) in [5.74, 6) is 0. The maximum Gasteiger partial charge on any atom is 0.124 e. The maximum absolute atomic E-state index is 4.76. The van der Waals surface area contributed by atoms with E-state index >= 15 is 0 Å². The number of likely N-dealkylation sites (N-methyl/N-ethyl adjacent to an activating group) is 1. The molecular weight excluding hydrogens is 414 g/mol. The van der Waals surface area contributed by atoms with Gasteiger partial charge in [0.15, 0.2) is 0 Å². The van der Waals surface area contributed by atoms with Crippen LogP contribution < -0.4 is 10.3 Å². The molecule has 0 unspecified atom stereocenters. The van der Waals surface area contributed by atoms with Crippen molar-refractivity contribution in [2.24, 2.45) is 5.10 Å². The summed E-state index contributed by atoms with van der Waals surface area (Å²) in [7, 11) is 2.18. The van der Waals surface area contributed by atoms with Crippen molar-refractivity contribution >= 4 is 39.1 Å². The van der Waals surface area contributed by atoms with E-state index in [1.807, 2.05) is 18.3 Å². The lowest BCUT2D eigenvalue weighted by atomic mass is 10.2. The van der Waals surface area contributed by atoms with E-state index in [4.69, 9.17) is 4.98 Å². The monoisotopic (exact) mass is 441 g/mol. The number of anilines is 2.